The van der Waals surface area contributed by atoms with E-state index in [0.717, 1.165) is 50.8 Å². The lowest BCUT2D eigenvalue weighted by molar-refractivity contribution is 0.0494. The van der Waals surface area contributed by atoms with Crippen molar-refractivity contribution in [2.75, 3.05) is 32.4 Å². The van der Waals surface area contributed by atoms with Crippen LogP contribution in [0.15, 0.2) is 35.4 Å². The average molecular weight is 456 g/mol. The molecule has 1 aliphatic carbocycles. The number of aliphatic hydroxyl groups is 1. The third kappa shape index (κ3) is 4.60. The Kier molecular flexibility index (Phi) is 6.98. The molecule has 6 nitrogen and oxygen atoms in total. The second-order valence-corrected chi connectivity index (χ2v) is 9.50. The van der Waals surface area contributed by atoms with Gasteiger partial charge in [0.15, 0.2) is 0 Å². The fourth-order valence-corrected chi connectivity index (χ4v) is 4.96. The summed E-state index contributed by atoms with van der Waals surface area (Å²) in [5.74, 6) is 1.52. The van der Waals surface area contributed by atoms with Crippen molar-refractivity contribution < 1.29 is 14.6 Å². The first kappa shape index (κ1) is 23.0. The maximum Gasteiger partial charge on any atom is 0.142 e. The number of anilines is 1. The number of hydrogen-bond acceptors (Lipinski definition) is 6. The summed E-state index contributed by atoms with van der Waals surface area (Å²) in [6.07, 6.45) is 4.86. The Balaban J connectivity index is 1.81. The number of benzene rings is 1. The second-order valence-electron chi connectivity index (χ2n) is 8.70. The fraction of sp³-hybridized carbons (Fsp3) is 0.480. The van der Waals surface area contributed by atoms with Crippen LogP contribution in [0, 0.1) is 19.8 Å². The molecule has 172 valence electrons. The highest BCUT2D eigenvalue weighted by molar-refractivity contribution is 7.98. The summed E-state index contributed by atoms with van der Waals surface area (Å²) < 4.78 is 13.0. The molecule has 2 unspecified atom stereocenters. The van der Waals surface area contributed by atoms with Gasteiger partial charge in [-0.1, -0.05) is 25.0 Å². The standard InChI is InChI=1S/C25H33N3O3S/c1-15-11-16(2)23(22(12-15)31-4)19-7-6-8-20-24(25(32-5)27-28(19)20)26-18(13-17-9-10-17)21(29)14-30-3/h6-8,11-12,17-18,21,26,29H,9-10,13-14H2,1-5H3. The molecule has 7 heteroatoms. The molecule has 2 atom stereocenters. The first-order valence-electron chi connectivity index (χ1n) is 11.1. The van der Waals surface area contributed by atoms with Crippen molar-refractivity contribution >= 4 is 23.0 Å². The smallest absolute Gasteiger partial charge is 0.142 e. The van der Waals surface area contributed by atoms with Gasteiger partial charge in [0.25, 0.3) is 0 Å². The summed E-state index contributed by atoms with van der Waals surface area (Å²) in [5, 5.41) is 20.2. The summed E-state index contributed by atoms with van der Waals surface area (Å²) in [6, 6.07) is 10.4. The molecule has 1 aromatic carbocycles. The highest BCUT2D eigenvalue weighted by atomic mass is 32.2. The number of thioether (sulfide) groups is 1. The minimum Gasteiger partial charge on any atom is -0.496 e. The second kappa shape index (κ2) is 9.73. The van der Waals surface area contributed by atoms with Crippen molar-refractivity contribution in [3.8, 4) is 17.0 Å². The molecular weight excluding hydrogens is 422 g/mol. The van der Waals surface area contributed by atoms with Gasteiger partial charge in [-0.25, -0.2) is 4.52 Å². The van der Waals surface area contributed by atoms with Gasteiger partial charge in [-0.3, -0.25) is 0 Å². The number of aliphatic hydroxyl groups excluding tert-OH is 1. The molecule has 2 aromatic heterocycles. The molecule has 32 heavy (non-hydrogen) atoms. The van der Waals surface area contributed by atoms with Crippen LogP contribution in [0.1, 0.15) is 30.4 Å². The molecular formula is C25H33N3O3S. The van der Waals surface area contributed by atoms with Gasteiger partial charge in [-0.2, -0.15) is 5.10 Å². The maximum atomic E-state index is 10.7. The number of methoxy groups -OCH3 is 2. The van der Waals surface area contributed by atoms with Crippen molar-refractivity contribution in [1.29, 1.82) is 0 Å². The Bertz CT molecular complexity index is 1090. The highest BCUT2D eigenvalue weighted by Crippen LogP contribution is 2.39. The first-order chi connectivity index (χ1) is 15.5. The molecule has 0 bridgehead atoms. The Morgan fingerprint density at radius 3 is 2.69 bits per heavy atom. The van der Waals surface area contributed by atoms with Gasteiger partial charge in [0.2, 0.25) is 0 Å². The zero-order chi connectivity index (χ0) is 22.8. The van der Waals surface area contributed by atoms with E-state index in [0.29, 0.717) is 12.5 Å². The van der Waals surface area contributed by atoms with Gasteiger partial charge in [0.05, 0.1) is 42.8 Å². The fourth-order valence-electron chi connectivity index (χ4n) is 4.43. The van der Waals surface area contributed by atoms with Gasteiger partial charge < -0.3 is 19.9 Å². The maximum absolute atomic E-state index is 10.7. The number of aryl methyl sites for hydroxylation is 2. The Hall–Kier alpha value is -2.22. The first-order valence-corrected chi connectivity index (χ1v) is 12.3. The molecule has 2 N–H and O–H groups in total. The van der Waals surface area contributed by atoms with Crippen LogP contribution in [0.25, 0.3) is 16.8 Å². The van der Waals surface area contributed by atoms with Crippen LogP contribution in [0.3, 0.4) is 0 Å². The lowest BCUT2D eigenvalue weighted by Crippen LogP contribution is -2.37. The van der Waals surface area contributed by atoms with Gasteiger partial charge in [-0.05, 0) is 61.8 Å². The van der Waals surface area contributed by atoms with E-state index in [1.54, 1.807) is 26.0 Å². The summed E-state index contributed by atoms with van der Waals surface area (Å²) in [6.45, 7) is 4.49. The van der Waals surface area contributed by atoms with E-state index in [1.165, 1.54) is 12.8 Å². The SMILES string of the molecule is COCC(O)C(CC1CC1)Nc1c(SC)nn2c(-c3c(C)cc(C)cc3OC)cccc12. The van der Waals surface area contributed by atoms with Crippen LogP contribution in [-0.4, -0.2) is 53.9 Å². The van der Waals surface area contributed by atoms with Crippen molar-refractivity contribution in [3.63, 3.8) is 0 Å². The predicted octanol–water partition coefficient (Wildman–Crippen LogP) is 4.94. The van der Waals surface area contributed by atoms with Gasteiger partial charge in [0, 0.05) is 12.7 Å². The molecule has 0 spiro atoms. The minimum atomic E-state index is -0.576. The normalized spacial score (nSPS) is 15.7. The molecule has 1 fully saturated rings. The van der Waals surface area contributed by atoms with E-state index in [2.05, 4.69) is 49.5 Å². The molecule has 0 radical (unpaired) electrons. The van der Waals surface area contributed by atoms with E-state index in [1.807, 2.05) is 10.8 Å². The quantitative estimate of drug-likeness (QED) is 0.422. The number of aromatic nitrogens is 2. The van der Waals surface area contributed by atoms with Crippen molar-refractivity contribution in [2.45, 2.75) is 50.3 Å². The van der Waals surface area contributed by atoms with Gasteiger partial charge in [0.1, 0.15) is 10.8 Å². The number of hydrogen-bond donors (Lipinski definition) is 2. The van der Waals surface area contributed by atoms with Gasteiger partial charge >= 0.3 is 0 Å². The Morgan fingerprint density at radius 1 is 1.25 bits per heavy atom. The Labute approximate surface area is 194 Å². The van der Waals surface area contributed by atoms with E-state index in [-0.39, 0.29) is 6.04 Å². The number of ether oxygens (including phenoxy) is 2. The number of pyridine rings is 1. The molecule has 0 amide bonds. The molecule has 0 aliphatic heterocycles. The number of nitrogens with zero attached hydrogens (tertiary/aromatic N) is 2. The van der Waals surface area contributed by atoms with E-state index in [9.17, 15) is 5.11 Å². The minimum absolute atomic E-state index is 0.0827. The molecule has 4 rings (SSSR count). The van der Waals surface area contributed by atoms with Crippen LogP contribution in [0.2, 0.25) is 0 Å². The zero-order valence-corrected chi connectivity index (χ0v) is 20.3. The summed E-state index contributed by atoms with van der Waals surface area (Å²) in [4.78, 5) is 0. The van der Waals surface area contributed by atoms with Crippen LogP contribution >= 0.6 is 11.8 Å². The van der Waals surface area contributed by atoms with Crippen molar-refractivity contribution in [2.24, 2.45) is 5.92 Å². The molecule has 0 saturated heterocycles. The molecule has 1 aliphatic rings. The molecule has 2 heterocycles. The lowest BCUT2D eigenvalue weighted by Gasteiger charge is -2.25. The van der Waals surface area contributed by atoms with Crippen molar-refractivity contribution in [3.05, 3.63) is 41.5 Å². The number of fused-ring (bicyclic) bond motifs is 1. The van der Waals surface area contributed by atoms with E-state index in [4.69, 9.17) is 14.6 Å². The largest absolute Gasteiger partial charge is 0.496 e. The van der Waals surface area contributed by atoms with Crippen LogP contribution in [0.4, 0.5) is 5.69 Å². The summed E-state index contributed by atoms with van der Waals surface area (Å²) in [5.41, 5.74) is 6.28. The predicted molar refractivity (Wildman–Crippen MR) is 131 cm³/mol. The number of nitrogens with one attached hydrogen (secondary N) is 1. The van der Waals surface area contributed by atoms with Crippen LogP contribution in [0.5, 0.6) is 5.75 Å². The van der Waals surface area contributed by atoms with Crippen LogP contribution in [-0.2, 0) is 4.74 Å². The summed E-state index contributed by atoms with van der Waals surface area (Å²) >= 11 is 1.60. The van der Waals surface area contributed by atoms with Crippen molar-refractivity contribution in [1.82, 2.24) is 9.61 Å². The van der Waals surface area contributed by atoms with E-state index < -0.39 is 6.10 Å². The zero-order valence-electron chi connectivity index (χ0n) is 19.5. The lowest BCUT2D eigenvalue weighted by atomic mass is 10.0. The highest BCUT2D eigenvalue weighted by Gasteiger charge is 2.31. The average Bonchev–Trinajstić information content (AvgIpc) is 3.52. The molecule has 3 aromatic rings. The number of rotatable bonds is 10. The third-order valence-electron chi connectivity index (χ3n) is 6.15. The van der Waals surface area contributed by atoms with E-state index >= 15 is 0 Å². The van der Waals surface area contributed by atoms with Crippen LogP contribution < -0.4 is 10.1 Å². The molecule has 1 saturated carbocycles. The Morgan fingerprint density at radius 2 is 2.03 bits per heavy atom. The third-order valence-corrected chi connectivity index (χ3v) is 6.83. The monoisotopic (exact) mass is 455 g/mol. The van der Waals surface area contributed by atoms with Gasteiger partial charge in [-0.15, -0.1) is 11.8 Å². The summed E-state index contributed by atoms with van der Waals surface area (Å²) in [7, 11) is 3.34. The topological polar surface area (TPSA) is 68.0 Å².